The molecule has 0 aliphatic rings. The van der Waals surface area contributed by atoms with Crippen molar-refractivity contribution in [3.05, 3.63) is 64.2 Å². The lowest BCUT2D eigenvalue weighted by molar-refractivity contribution is -0.115. The molecule has 0 spiro atoms. The Morgan fingerprint density at radius 3 is 2.79 bits per heavy atom. The second kappa shape index (κ2) is 9.43. The van der Waals surface area contributed by atoms with Crippen LogP contribution in [0.2, 0.25) is 10.2 Å². The summed E-state index contributed by atoms with van der Waals surface area (Å²) < 4.78 is 18.3. The van der Waals surface area contributed by atoms with Gasteiger partial charge in [-0.15, -0.1) is 0 Å². The zero-order chi connectivity index (χ0) is 21.0. The average molecular weight is 451 g/mol. The Bertz CT molecular complexity index is 1070. The number of aromatic nitrogens is 1. The van der Waals surface area contributed by atoms with Crippen LogP contribution < -0.4 is 5.32 Å². The van der Waals surface area contributed by atoms with E-state index in [1.807, 2.05) is 25.1 Å². The standard InChI is InChI=1S/C20H17Cl2FN4OS/c1-27(2)11-25-29-18-9-12(8-14-13(18)6-7-24-20(14)22)26-19(28)10-15-16(21)4-3-5-17(15)23/h3-9,11H,10H2,1-2H3,(H,26,28). The van der Waals surface area contributed by atoms with Gasteiger partial charge in [0, 0.05) is 64.2 Å². The average Bonchev–Trinajstić information content (AvgIpc) is 2.65. The number of nitrogens with one attached hydrogen (secondary N) is 1. The van der Waals surface area contributed by atoms with Gasteiger partial charge in [-0.05, 0) is 30.3 Å². The Labute approximate surface area is 182 Å². The van der Waals surface area contributed by atoms with E-state index in [1.54, 1.807) is 30.7 Å². The van der Waals surface area contributed by atoms with Gasteiger partial charge in [0.1, 0.15) is 11.0 Å². The van der Waals surface area contributed by atoms with Crippen molar-refractivity contribution in [2.75, 3.05) is 19.4 Å². The molecule has 0 aliphatic heterocycles. The normalized spacial score (nSPS) is 11.2. The van der Waals surface area contributed by atoms with E-state index in [0.29, 0.717) is 16.2 Å². The molecule has 2 aromatic carbocycles. The number of anilines is 1. The summed E-state index contributed by atoms with van der Waals surface area (Å²) >= 11 is 13.5. The Balaban J connectivity index is 1.90. The van der Waals surface area contributed by atoms with Gasteiger partial charge in [0.15, 0.2) is 0 Å². The van der Waals surface area contributed by atoms with Crippen molar-refractivity contribution < 1.29 is 9.18 Å². The van der Waals surface area contributed by atoms with Gasteiger partial charge in [0.05, 0.1) is 12.8 Å². The third-order valence-corrected chi connectivity index (χ3v) is 5.29. The lowest BCUT2D eigenvalue weighted by atomic mass is 10.1. The van der Waals surface area contributed by atoms with E-state index in [2.05, 4.69) is 14.7 Å². The van der Waals surface area contributed by atoms with Crippen LogP contribution in [0.25, 0.3) is 10.8 Å². The highest BCUT2D eigenvalue weighted by Crippen LogP contribution is 2.34. The van der Waals surface area contributed by atoms with E-state index in [9.17, 15) is 9.18 Å². The number of hydrogen-bond donors (Lipinski definition) is 1. The third kappa shape index (κ3) is 5.38. The van der Waals surface area contributed by atoms with Crippen LogP contribution in [0.4, 0.5) is 10.1 Å². The highest BCUT2D eigenvalue weighted by atomic mass is 35.5. The number of carbonyl (C=O) groups excluding carboxylic acids is 1. The fourth-order valence-electron chi connectivity index (χ4n) is 2.61. The van der Waals surface area contributed by atoms with Crippen molar-refractivity contribution >= 4 is 63.9 Å². The molecule has 29 heavy (non-hydrogen) atoms. The topological polar surface area (TPSA) is 57.6 Å². The maximum atomic E-state index is 14.0. The smallest absolute Gasteiger partial charge is 0.228 e. The summed E-state index contributed by atoms with van der Waals surface area (Å²) in [6, 6.07) is 9.66. The summed E-state index contributed by atoms with van der Waals surface area (Å²) in [6.45, 7) is 0. The minimum atomic E-state index is -0.521. The molecule has 0 saturated heterocycles. The van der Waals surface area contributed by atoms with Crippen molar-refractivity contribution in [1.82, 2.24) is 9.88 Å². The number of halogens is 3. The third-order valence-electron chi connectivity index (χ3n) is 3.91. The number of pyridine rings is 1. The van der Waals surface area contributed by atoms with Gasteiger partial charge in [0.2, 0.25) is 5.91 Å². The van der Waals surface area contributed by atoms with Gasteiger partial charge >= 0.3 is 0 Å². The Morgan fingerprint density at radius 1 is 1.28 bits per heavy atom. The fourth-order valence-corrected chi connectivity index (χ4v) is 3.85. The molecular weight excluding hydrogens is 434 g/mol. The molecule has 150 valence electrons. The molecule has 0 aliphatic carbocycles. The fraction of sp³-hybridized carbons (Fsp3) is 0.150. The molecule has 0 fully saturated rings. The van der Waals surface area contributed by atoms with Crippen molar-refractivity contribution in [2.24, 2.45) is 4.40 Å². The first-order valence-corrected chi connectivity index (χ1v) is 10.1. The highest BCUT2D eigenvalue weighted by Gasteiger charge is 2.14. The van der Waals surface area contributed by atoms with E-state index in [4.69, 9.17) is 23.2 Å². The number of fused-ring (bicyclic) bond motifs is 1. The molecule has 1 aromatic heterocycles. The van der Waals surface area contributed by atoms with Crippen LogP contribution >= 0.6 is 35.1 Å². The lowest BCUT2D eigenvalue weighted by Crippen LogP contribution is -2.15. The highest BCUT2D eigenvalue weighted by molar-refractivity contribution is 7.98. The summed E-state index contributed by atoms with van der Waals surface area (Å²) in [5.74, 6) is -0.920. The van der Waals surface area contributed by atoms with Crippen LogP contribution in [0, 0.1) is 5.82 Å². The van der Waals surface area contributed by atoms with Crippen molar-refractivity contribution in [3.63, 3.8) is 0 Å². The molecule has 1 heterocycles. The number of hydrogen-bond acceptors (Lipinski definition) is 4. The molecule has 5 nitrogen and oxygen atoms in total. The maximum Gasteiger partial charge on any atom is 0.228 e. The van der Waals surface area contributed by atoms with Gasteiger partial charge in [-0.2, -0.15) is 0 Å². The first kappa shape index (κ1) is 21.4. The number of carbonyl (C=O) groups is 1. The van der Waals surface area contributed by atoms with Gasteiger partial charge in [0.25, 0.3) is 0 Å². The van der Waals surface area contributed by atoms with Crippen LogP contribution in [-0.2, 0) is 11.2 Å². The van der Waals surface area contributed by atoms with Gasteiger partial charge in [-0.3, -0.25) is 4.79 Å². The summed E-state index contributed by atoms with van der Waals surface area (Å²) in [5, 5.41) is 4.84. The summed E-state index contributed by atoms with van der Waals surface area (Å²) in [4.78, 5) is 19.2. The molecule has 0 atom stereocenters. The number of benzene rings is 2. The molecule has 3 aromatic rings. The number of rotatable bonds is 6. The molecule has 9 heteroatoms. The molecule has 0 unspecified atom stereocenters. The molecule has 1 amide bonds. The van der Waals surface area contributed by atoms with Crippen LogP contribution in [0.1, 0.15) is 5.56 Å². The second-order valence-corrected chi connectivity index (χ2v) is 7.97. The maximum absolute atomic E-state index is 14.0. The zero-order valence-electron chi connectivity index (χ0n) is 15.6. The molecule has 3 rings (SSSR count). The number of nitrogens with zero attached hydrogens (tertiary/aromatic N) is 3. The van der Waals surface area contributed by atoms with Crippen molar-refractivity contribution in [2.45, 2.75) is 11.3 Å². The Kier molecular flexibility index (Phi) is 6.95. The molecule has 1 N–H and O–H groups in total. The lowest BCUT2D eigenvalue weighted by Gasteiger charge is -2.11. The first-order valence-electron chi connectivity index (χ1n) is 8.53. The summed E-state index contributed by atoms with van der Waals surface area (Å²) in [6.07, 6.45) is 3.10. The predicted molar refractivity (Wildman–Crippen MR) is 119 cm³/mol. The Morgan fingerprint density at radius 2 is 2.07 bits per heavy atom. The Hall–Kier alpha value is -2.35. The monoisotopic (exact) mass is 450 g/mol. The molecule has 0 saturated carbocycles. The first-order chi connectivity index (χ1) is 13.8. The van der Waals surface area contributed by atoms with Crippen LogP contribution in [-0.4, -0.2) is 36.2 Å². The van der Waals surface area contributed by atoms with E-state index in [0.717, 1.165) is 10.3 Å². The van der Waals surface area contributed by atoms with Gasteiger partial charge < -0.3 is 10.2 Å². The second-order valence-electron chi connectivity index (χ2n) is 6.37. The summed E-state index contributed by atoms with van der Waals surface area (Å²) in [7, 11) is 3.74. The van der Waals surface area contributed by atoms with E-state index in [-0.39, 0.29) is 17.0 Å². The molecule has 0 bridgehead atoms. The van der Waals surface area contributed by atoms with Gasteiger partial charge in [-0.1, -0.05) is 29.3 Å². The quantitative estimate of drug-likeness (QED) is 0.234. The van der Waals surface area contributed by atoms with E-state index >= 15 is 0 Å². The van der Waals surface area contributed by atoms with Crippen LogP contribution in [0.5, 0.6) is 0 Å². The minimum absolute atomic E-state index is 0.150. The molecule has 0 radical (unpaired) electrons. The van der Waals surface area contributed by atoms with E-state index in [1.165, 1.54) is 24.1 Å². The van der Waals surface area contributed by atoms with Crippen LogP contribution in [0.15, 0.2) is 51.9 Å². The zero-order valence-corrected chi connectivity index (χ0v) is 17.9. The minimum Gasteiger partial charge on any atom is -0.368 e. The van der Waals surface area contributed by atoms with Gasteiger partial charge in [-0.25, -0.2) is 13.8 Å². The molecular formula is C20H17Cl2FN4OS. The summed E-state index contributed by atoms with van der Waals surface area (Å²) in [5.41, 5.74) is 0.657. The van der Waals surface area contributed by atoms with Crippen molar-refractivity contribution in [3.8, 4) is 0 Å². The largest absolute Gasteiger partial charge is 0.368 e. The van der Waals surface area contributed by atoms with E-state index < -0.39 is 11.7 Å². The number of amides is 1. The predicted octanol–water partition coefficient (Wildman–Crippen LogP) is 5.46. The van der Waals surface area contributed by atoms with Crippen molar-refractivity contribution in [1.29, 1.82) is 0 Å². The van der Waals surface area contributed by atoms with Crippen LogP contribution in [0.3, 0.4) is 0 Å². The SMILES string of the molecule is CN(C)C=NSc1cc(NC(=O)Cc2c(F)cccc2Cl)cc2c(Cl)nccc12.